The number of nitrogens with zero attached hydrogens (tertiary/aromatic N) is 5. The Labute approximate surface area is 241 Å². The van der Waals surface area contributed by atoms with E-state index in [0.717, 1.165) is 57.6 Å². The minimum atomic E-state index is -0.292. The highest BCUT2D eigenvalue weighted by Gasteiger charge is 2.17. The number of nitrogens with one attached hydrogen (secondary N) is 3. The fourth-order valence-corrected chi connectivity index (χ4v) is 6.86. The van der Waals surface area contributed by atoms with Gasteiger partial charge in [-0.2, -0.15) is 5.10 Å². The van der Waals surface area contributed by atoms with Crippen LogP contribution in [0.5, 0.6) is 0 Å². The predicted octanol–water partition coefficient (Wildman–Crippen LogP) is 5.85. The standard InChI is InChI=1S/C30H30FIN8/c1-39(2)9-8-33-22-11-18(10-21(31)14-22)24-6-5-7-26-27(24)36-30(35-26)28-25-13-20(17-34-29(25)38-37-28)19-12-23(40(3)4)16-32-15-19/h5-7,10-17,33H,8-9H2,1-4H3,(H,35,36)(H,34,37,38). The SMILES string of the molecule is CN(C)CCNc1cc(F)cc(-c2cccc3[nH]c(-c4[nH]nc5ncc(C6=CI=CC(N(C)C)=C6)cc45)nc23)c1. The molecule has 204 valence electrons. The fraction of sp³-hybridized carbons (Fsp3) is 0.200. The number of aromatic nitrogens is 5. The molecule has 3 aromatic heterocycles. The molecule has 40 heavy (non-hydrogen) atoms. The molecule has 4 heterocycles. The molecule has 10 heteroatoms. The van der Waals surface area contributed by atoms with Gasteiger partial charge < -0.3 is 20.1 Å². The van der Waals surface area contributed by atoms with Crippen LogP contribution in [-0.4, -0.2) is 80.2 Å². The van der Waals surface area contributed by atoms with E-state index in [2.05, 4.69) is 69.6 Å². The first-order chi connectivity index (χ1) is 19.4. The zero-order valence-electron chi connectivity index (χ0n) is 22.8. The zero-order chi connectivity index (χ0) is 27.8. The average Bonchev–Trinajstić information content (AvgIpc) is 3.56. The van der Waals surface area contributed by atoms with Gasteiger partial charge >= 0.3 is 0 Å². The van der Waals surface area contributed by atoms with Gasteiger partial charge in [-0.25, -0.2) is 14.4 Å². The number of hydrogen-bond donors (Lipinski definition) is 3. The number of pyridine rings is 1. The maximum Gasteiger partial charge on any atom is 0.181 e. The van der Waals surface area contributed by atoms with E-state index in [1.807, 2.05) is 44.6 Å². The molecule has 3 N–H and O–H groups in total. The minimum Gasteiger partial charge on any atom is -0.384 e. The second-order valence-corrected chi connectivity index (χ2v) is 12.2. The summed E-state index contributed by atoms with van der Waals surface area (Å²) in [6.45, 7) is 1.57. The Hall–Kier alpha value is -3.90. The first-order valence-corrected chi connectivity index (χ1v) is 15.4. The summed E-state index contributed by atoms with van der Waals surface area (Å²) < 4.78 is 19.3. The minimum absolute atomic E-state index is 0.162. The van der Waals surface area contributed by atoms with Crippen LogP contribution in [0.15, 0.2) is 64.5 Å². The number of para-hydroxylation sites is 1. The molecule has 0 fully saturated rings. The number of hydrogen-bond acceptors (Lipinski definition) is 6. The van der Waals surface area contributed by atoms with E-state index in [4.69, 9.17) is 4.98 Å². The number of fused-ring (bicyclic) bond motifs is 2. The molecule has 5 aromatic rings. The number of allylic oxidation sites excluding steroid dienone is 3. The number of likely N-dealkylation sites (N-methyl/N-ethyl adjacent to an activating group) is 1. The van der Waals surface area contributed by atoms with E-state index in [1.54, 1.807) is 6.07 Å². The maximum absolute atomic E-state index is 14.7. The Kier molecular flexibility index (Phi) is 7.20. The van der Waals surface area contributed by atoms with Crippen molar-refractivity contribution in [2.75, 3.05) is 46.6 Å². The van der Waals surface area contributed by atoms with Gasteiger partial charge in [-0.05, 0) is 69.7 Å². The molecule has 0 unspecified atom stereocenters. The van der Waals surface area contributed by atoms with Gasteiger partial charge in [0, 0.05) is 55.9 Å². The van der Waals surface area contributed by atoms with Crippen LogP contribution >= 0.6 is 20.7 Å². The summed E-state index contributed by atoms with van der Waals surface area (Å²) >= 11 is -0.162. The van der Waals surface area contributed by atoms with Gasteiger partial charge in [-0.1, -0.05) is 32.9 Å². The van der Waals surface area contributed by atoms with E-state index in [1.165, 1.54) is 17.3 Å². The summed E-state index contributed by atoms with van der Waals surface area (Å²) in [5.74, 6) is 0.367. The van der Waals surface area contributed by atoms with Crippen molar-refractivity contribution in [3.05, 3.63) is 75.9 Å². The van der Waals surface area contributed by atoms with Crippen LogP contribution in [0.3, 0.4) is 0 Å². The molecule has 2 aromatic carbocycles. The quantitative estimate of drug-likeness (QED) is 0.183. The van der Waals surface area contributed by atoms with Crippen LogP contribution in [0.25, 0.3) is 50.3 Å². The van der Waals surface area contributed by atoms with Crippen molar-refractivity contribution in [1.29, 1.82) is 0 Å². The van der Waals surface area contributed by atoms with Crippen molar-refractivity contribution in [3.63, 3.8) is 0 Å². The summed E-state index contributed by atoms with van der Waals surface area (Å²) in [4.78, 5) is 17.3. The lowest BCUT2D eigenvalue weighted by molar-refractivity contribution is 0.425. The lowest BCUT2D eigenvalue weighted by Gasteiger charge is -2.16. The van der Waals surface area contributed by atoms with Crippen molar-refractivity contribution >= 4 is 58.1 Å². The smallest absolute Gasteiger partial charge is 0.181 e. The molecule has 8 nitrogen and oxygen atoms in total. The highest BCUT2D eigenvalue weighted by Crippen LogP contribution is 2.34. The van der Waals surface area contributed by atoms with Gasteiger partial charge in [0.25, 0.3) is 0 Å². The average molecular weight is 649 g/mol. The number of imidazole rings is 1. The van der Waals surface area contributed by atoms with E-state index < -0.39 is 0 Å². The van der Waals surface area contributed by atoms with Crippen molar-refractivity contribution in [2.24, 2.45) is 0 Å². The van der Waals surface area contributed by atoms with Crippen LogP contribution in [0.2, 0.25) is 0 Å². The highest BCUT2D eigenvalue weighted by molar-refractivity contribution is 14.2. The van der Waals surface area contributed by atoms with Crippen LogP contribution in [0.1, 0.15) is 5.56 Å². The molecule has 1 aliphatic heterocycles. The third kappa shape index (κ3) is 5.28. The monoisotopic (exact) mass is 648 g/mol. The Morgan fingerprint density at radius 2 is 1.93 bits per heavy atom. The zero-order valence-corrected chi connectivity index (χ0v) is 24.9. The van der Waals surface area contributed by atoms with Crippen LogP contribution < -0.4 is 5.32 Å². The van der Waals surface area contributed by atoms with Crippen molar-refractivity contribution in [3.8, 4) is 22.6 Å². The molecule has 0 spiro atoms. The van der Waals surface area contributed by atoms with E-state index in [9.17, 15) is 4.39 Å². The molecule has 0 aliphatic carbocycles. The van der Waals surface area contributed by atoms with Gasteiger partial charge in [0.15, 0.2) is 11.5 Å². The molecular formula is C30H30FIN8. The first-order valence-electron chi connectivity index (χ1n) is 12.9. The Morgan fingerprint density at radius 3 is 2.75 bits per heavy atom. The Balaban J connectivity index is 1.38. The molecular weight excluding hydrogens is 618 g/mol. The molecule has 6 rings (SSSR count). The lowest BCUT2D eigenvalue weighted by atomic mass is 10.0. The Morgan fingerprint density at radius 1 is 1.05 bits per heavy atom. The highest BCUT2D eigenvalue weighted by atomic mass is 127. The summed E-state index contributed by atoms with van der Waals surface area (Å²) in [7, 11) is 8.15. The third-order valence-corrected chi connectivity index (χ3v) is 8.79. The lowest BCUT2D eigenvalue weighted by Crippen LogP contribution is -2.20. The van der Waals surface area contributed by atoms with Crippen LogP contribution in [0, 0.1) is 5.82 Å². The summed E-state index contributed by atoms with van der Waals surface area (Å²) in [5.41, 5.74) is 8.83. The number of H-pyrrole nitrogens is 2. The number of benzene rings is 2. The topological polar surface area (TPSA) is 88.8 Å². The Bertz CT molecular complexity index is 1810. The second kappa shape index (κ2) is 10.9. The fourth-order valence-electron chi connectivity index (χ4n) is 4.65. The molecule has 1 aliphatic rings. The van der Waals surface area contributed by atoms with E-state index in [-0.39, 0.29) is 26.5 Å². The number of anilines is 1. The number of aromatic amines is 2. The van der Waals surface area contributed by atoms with Gasteiger partial charge in [0.2, 0.25) is 0 Å². The second-order valence-electron chi connectivity index (χ2n) is 10.2. The molecule has 0 atom stereocenters. The number of halogens is 2. The van der Waals surface area contributed by atoms with Crippen molar-refractivity contribution in [2.45, 2.75) is 0 Å². The van der Waals surface area contributed by atoms with Gasteiger partial charge in [-0.15, -0.1) is 0 Å². The molecule has 0 saturated heterocycles. The summed E-state index contributed by atoms with van der Waals surface area (Å²) in [6.07, 6.45) is 4.07. The van der Waals surface area contributed by atoms with E-state index >= 15 is 0 Å². The van der Waals surface area contributed by atoms with Gasteiger partial charge in [-0.3, -0.25) is 5.10 Å². The first kappa shape index (κ1) is 26.3. The van der Waals surface area contributed by atoms with Crippen molar-refractivity contribution < 1.29 is 4.39 Å². The molecule has 0 bridgehead atoms. The molecule has 0 amide bonds. The third-order valence-electron chi connectivity index (χ3n) is 6.76. The molecule has 0 saturated carbocycles. The van der Waals surface area contributed by atoms with Gasteiger partial charge in [0.05, 0.1) is 16.4 Å². The van der Waals surface area contributed by atoms with E-state index in [0.29, 0.717) is 11.5 Å². The van der Waals surface area contributed by atoms with Crippen LogP contribution in [-0.2, 0) is 0 Å². The molecule has 0 radical (unpaired) electrons. The predicted molar refractivity (Wildman–Crippen MR) is 171 cm³/mol. The normalized spacial score (nSPS) is 13.4. The largest absolute Gasteiger partial charge is 0.384 e. The summed E-state index contributed by atoms with van der Waals surface area (Å²) in [6, 6.07) is 13.1. The van der Waals surface area contributed by atoms with Crippen LogP contribution in [0.4, 0.5) is 10.1 Å². The van der Waals surface area contributed by atoms with Crippen molar-refractivity contribution in [1.82, 2.24) is 34.9 Å². The van der Waals surface area contributed by atoms with Gasteiger partial charge in [0.1, 0.15) is 11.5 Å². The maximum atomic E-state index is 14.7. The number of rotatable bonds is 8. The summed E-state index contributed by atoms with van der Waals surface area (Å²) in [5, 5.41) is 11.8.